The molecule has 1 heterocycles. The van der Waals surface area contributed by atoms with Gasteiger partial charge >= 0.3 is 0 Å². The number of allylic oxidation sites excluding steroid dienone is 1. The molecule has 1 aliphatic rings. The average molecular weight is 377 g/mol. The van der Waals surface area contributed by atoms with Gasteiger partial charge in [-0.15, -0.1) is 5.73 Å². The third kappa shape index (κ3) is 11.8. The second kappa shape index (κ2) is 16.4. The van der Waals surface area contributed by atoms with Crippen LogP contribution in [0.4, 0.5) is 0 Å². The van der Waals surface area contributed by atoms with Gasteiger partial charge < -0.3 is 4.90 Å². The molecule has 0 radical (unpaired) electrons. The number of nitrogens with zero attached hydrogens (tertiary/aromatic N) is 2. The van der Waals surface area contributed by atoms with Crippen molar-refractivity contribution in [1.82, 2.24) is 9.80 Å². The smallest absolute Gasteiger partial charge is 0.0235 e. The van der Waals surface area contributed by atoms with E-state index in [0.717, 1.165) is 6.04 Å². The molecule has 0 aromatic carbocycles. The van der Waals surface area contributed by atoms with Crippen molar-refractivity contribution in [2.45, 2.75) is 110 Å². The fourth-order valence-electron chi connectivity index (χ4n) is 4.34. The van der Waals surface area contributed by atoms with E-state index in [-0.39, 0.29) is 0 Å². The highest BCUT2D eigenvalue weighted by Crippen LogP contribution is 2.19. The normalized spacial score (nSPS) is 17.6. The molecule has 1 unspecified atom stereocenters. The van der Waals surface area contributed by atoms with Gasteiger partial charge in [0.2, 0.25) is 0 Å². The maximum absolute atomic E-state index is 3.95. The van der Waals surface area contributed by atoms with Crippen LogP contribution in [0.15, 0.2) is 17.9 Å². The van der Waals surface area contributed by atoms with E-state index in [9.17, 15) is 0 Å². The molecule has 2 nitrogen and oxygen atoms in total. The van der Waals surface area contributed by atoms with Crippen molar-refractivity contribution in [1.29, 1.82) is 0 Å². The van der Waals surface area contributed by atoms with Gasteiger partial charge in [-0.1, -0.05) is 71.8 Å². The summed E-state index contributed by atoms with van der Waals surface area (Å²) in [6.45, 7) is 13.6. The Morgan fingerprint density at radius 2 is 1.48 bits per heavy atom. The largest absolute Gasteiger partial charge is 0.305 e. The fraction of sp³-hybridized carbons (Fsp3) is 0.880. The Kier molecular flexibility index (Phi) is 14.9. The molecule has 27 heavy (non-hydrogen) atoms. The van der Waals surface area contributed by atoms with E-state index in [1.54, 1.807) is 0 Å². The van der Waals surface area contributed by atoms with Crippen LogP contribution in [0.2, 0.25) is 0 Å². The van der Waals surface area contributed by atoms with Crippen molar-refractivity contribution in [3.05, 3.63) is 17.9 Å². The van der Waals surface area contributed by atoms with E-state index in [1.807, 2.05) is 0 Å². The van der Waals surface area contributed by atoms with E-state index < -0.39 is 0 Å². The minimum Gasteiger partial charge on any atom is -0.305 e. The predicted octanol–water partition coefficient (Wildman–Crippen LogP) is 6.81. The van der Waals surface area contributed by atoms with Gasteiger partial charge in [0.1, 0.15) is 0 Å². The number of likely N-dealkylation sites (tertiary alicyclic amines) is 1. The van der Waals surface area contributed by atoms with Gasteiger partial charge in [-0.05, 0) is 70.8 Å². The van der Waals surface area contributed by atoms with Crippen molar-refractivity contribution in [3.63, 3.8) is 0 Å². The third-order valence-corrected chi connectivity index (χ3v) is 6.19. The van der Waals surface area contributed by atoms with Crippen LogP contribution in [0.1, 0.15) is 104 Å². The van der Waals surface area contributed by atoms with Crippen LogP contribution in [0.3, 0.4) is 0 Å². The highest BCUT2D eigenvalue weighted by atomic mass is 15.2. The molecule has 1 atom stereocenters. The third-order valence-electron chi connectivity index (χ3n) is 6.19. The summed E-state index contributed by atoms with van der Waals surface area (Å²) in [5.74, 6) is 0. The molecule has 0 bridgehead atoms. The second-order valence-electron chi connectivity index (χ2n) is 8.70. The summed E-state index contributed by atoms with van der Waals surface area (Å²) < 4.78 is 0. The first-order valence-electron chi connectivity index (χ1n) is 12.0. The standard InChI is InChI=1S/C25H48N2/c1-5-8-10-12-13-15-20-27(25-19-22-26(4)23-25)21-16-18-24(7-3)17-14-11-9-6-2/h25H,3,5-6,8-23H2,1-2,4H3. The predicted molar refractivity (Wildman–Crippen MR) is 121 cm³/mol. The minimum atomic E-state index is 0.784. The Balaban J connectivity index is 2.31. The molecule has 0 aliphatic carbocycles. The van der Waals surface area contributed by atoms with Crippen LogP contribution >= 0.6 is 0 Å². The van der Waals surface area contributed by atoms with E-state index in [4.69, 9.17) is 0 Å². The van der Waals surface area contributed by atoms with Crippen LogP contribution in [-0.2, 0) is 0 Å². The van der Waals surface area contributed by atoms with Crippen LogP contribution in [0.25, 0.3) is 0 Å². The highest BCUT2D eigenvalue weighted by molar-refractivity contribution is 4.99. The summed E-state index contributed by atoms with van der Waals surface area (Å²) in [6, 6.07) is 0.784. The van der Waals surface area contributed by atoms with Gasteiger partial charge in [0, 0.05) is 12.6 Å². The Morgan fingerprint density at radius 1 is 0.889 bits per heavy atom. The number of hydrogen-bond donors (Lipinski definition) is 0. The van der Waals surface area contributed by atoms with Crippen molar-refractivity contribution in [2.24, 2.45) is 0 Å². The van der Waals surface area contributed by atoms with Crippen molar-refractivity contribution >= 4 is 0 Å². The lowest BCUT2D eigenvalue weighted by Gasteiger charge is -2.29. The molecule has 0 N–H and O–H groups in total. The van der Waals surface area contributed by atoms with Gasteiger partial charge in [0.15, 0.2) is 0 Å². The molecule has 1 saturated heterocycles. The molecule has 0 saturated carbocycles. The van der Waals surface area contributed by atoms with E-state index >= 15 is 0 Å². The zero-order valence-electron chi connectivity index (χ0n) is 18.9. The van der Waals surface area contributed by atoms with Gasteiger partial charge in [0.25, 0.3) is 0 Å². The summed E-state index contributed by atoms with van der Waals surface area (Å²) in [6.07, 6.45) is 18.8. The molecule has 1 fully saturated rings. The zero-order chi connectivity index (χ0) is 19.7. The van der Waals surface area contributed by atoms with Gasteiger partial charge in [-0.2, -0.15) is 0 Å². The molecular weight excluding hydrogens is 328 g/mol. The Labute approximate surface area is 171 Å². The van der Waals surface area contributed by atoms with Crippen LogP contribution < -0.4 is 0 Å². The molecule has 2 heteroatoms. The lowest BCUT2D eigenvalue weighted by molar-refractivity contribution is 0.191. The van der Waals surface area contributed by atoms with Gasteiger partial charge in [0.05, 0.1) is 0 Å². The molecule has 0 aromatic heterocycles. The zero-order valence-corrected chi connectivity index (χ0v) is 18.9. The maximum atomic E-state index is 3.95. The van der Waals surface area contributed by atoms with Gasteiger partial charge in [-0.25, -0.2) is 0 Å². The highest BCUT2D eigenvalue weighted by Gasteiger charge is 2.24. The van der Waals surface area contributed by atoms with Gasteiger partial charge in [-0.3, -0.25) is 4.90 Å². The average Bonchev–Trinajstić information content (AvgIpc) is 3.11. The first-order chi connectivity index (χ1) is 13.2. The molecule has 0 spiro atoms. The van der Waals surface area contributed by atoms with Crippen LogP contribution in [0, 0.1) is 0 Å². The summed E-state index contributed by atoms with van der Waals surface area (Å²) in [7, 11) is 2.28. The molecule has 158 valence electrons. The fourth-order valence-corrected chi connectivity index (χ4v) is 4.34. The van der Waals surface area contributed by atoms with Crippen molar-refractivity contribution in [3.8, 4) is 0 Å². The van der Waals surface area contributed by atoms with Crippen LogP contribution in [0.5, 0.6) is 0 Å². The molecule has 1 aliphatic heterocycles. The Bertz CT molecular complexity index is 397. The topological polar surface area (TPSA) is 6.48 Å². The molecule has 0 amide bonds. The van der Waals surface area contributed by atoms with E-state index in [2.05, 4.69) is 43.0 Å². The first kappa shape index (κ1) is 24.5. The lowest BCUT2D eigenvalue weighted by Crippen LogP contribution is -2.38. The SMILES string of the molecule is C=C=C(CCCCCC)CCCN(CCCCCCCC)C1CCN(C)C1. The van der Waals surface area contributed by atoms with Crippen molar-refractivity contribution in [2.75, 3.05) is 33.2 Å². The quantitative estimate of drug-likeness (QED) is 0.203. The monoisotopic (exact) mass is 376 g/mol. The minimum absolute atomic E-state index is 0.784. The van der Waals surface area contributed by atoms with E-state index in [0.29, 0.717) is 0 Å². The molecular formula is C25H48N2. The molecule has 1 rings (SSSR count). The second-order valence-corrected chi connectivity index (χ2v) is 8.70. The Hall–Kier alpha value is -0.560. The number of likely N-dealkylation sites (N-methyl/N-ethyl adjacent to an activating group) is 1. The molecule has 0 aromatic rings. The lowest BCUT2D eigenvalue weighted by atomic mass is 10.0. The summed E-state index contributed by atoms with van der Waals surface area (Å²) >= 11 is 0. The Morgan fingerprint density at radius 3 is 2.11 bits per heavy atom. The first-order valence-corrected chi connectivity index (χ1v) is 12.0. The summed E-state index contributed by atoms with van der Waals surface area (Å²) in [5, 5.41) is 0. The summed E-state index contributed by atoms with van der Waals surface area (Å²) in [4.78, 5) is 5.31. The maximum Gasteiger partial charge on any atom is 0.0235 e. The van der Waals surface area contributed by atoms with E-state index in [1.165, 1.54) is 122 Å². The van der Waals surface area contributed by atoms with Crippen molar-refractivity contribution < 1.29 is 0 Å². The number of rotatable bonds is 17. The summed E-state index contributed by atoms with van der Waals surface area (Å²) in [5.41, 5.74) is 4.71. The number of hydrogen-bond acceptors (Lipinski definition) is 2. The van der Waals surface area contributed by atoms with Crippen LogP contribution in [-0.4, -0.2) is 49.1 Å². The number of unbranched alkanes of at least 4 members (excludes halogenated alkanes) is 8.